The molecule has 0 fully saturated rings. The van der Waals surface area contributed by atoms with E-state index in [1.807, 2.05) is 25.2 Å². The Hall–Kier alpha value is -1.59. The zero-order valence-electron chi connectivity index (χ0n) is 10.8. The van der Waals surface area contributed by atoms with Crippen LogP contribution in [0.25, 0.3) is 11.0 Å². The zero-order valence-corrected chi connectivity index (χ0v) is 10.8. The Bertz CT molecular complexity index is 572. The first-order chi connectivity index (χ1) is 8.65. The molecule has 5 nitrogen and oxygen atoms in total. The highest BCUT2D eigenvalue weighted by molar-refractivity contribution is 5.75. The van der Waals surface area contributed by atoms with Crippen LogP contribution >= 0.6 is 0 Å². The van der Waals surface area contributed by atoms with Gasteiger partial charge in [-0.2, -0.15) is 0 Å². The molecule has 2 aromatic rings. The van der Waals surface area contributed by atoms with Gasteiger partial charge in [-0.15, -0.1) is 0 Å². The van der Waals surface area contributed by atoms with E-state index in [0.29, 0.717) is 12.5 Å². The Balaban J connectivity index is 2.35. The minimum atomic E-state index is -0.168. The molecule has 0 radical (unpaired) electrons. The maximum absolute atomic E-state index is 11.2. The molecule has 98 valence electrons. The molecule has 0 saturated heterocycles. The van der Waals surface area contributed by atoms with Gasteiger partial charge in [0, 0.05) is 6.04 Å². The maximum Gasteiger partial charge on any atom is 0.323 e. The van der Waals surface area contributed by atoms with Crippen LogP contribution in [-0.4, -0.2) is 23.6 Å². The Morgan fingerprint density at radius 2 is 2.06 bits per heavy atom. The summed E-state index contributed by atoms with van der Waals surface area (Å²) in [4.78, 5) is 16.8. The Labute approximate surface area is 106 Å². The van der Waals surface area contributed by atoms with Crippen molar-refractivity contribution in [2.24, 2.45) is 11.7 Å². The number of hydrogen-bond acceptors (Lipinski definition) is 3. The van der Waals surface area contributed by atoms with Gasteiger partial charge in [0.05, 0.1) is 11.0 Å². The predicted octanol–water partition coefficient (Wildman–Crippen LogP) is 1.10. The quantitative estimate of drug-likeness (QED) is 0.639. The molecule has 1 aromatic carbocycles. The van der Waals surface area contributed by atoms with Gasteiger partial charge < -0.3 is 21.0 Å². The highest BCUT2D eigenvalue weighted by atomic mass is 16.1. The average molecular weight is 248 g/mol. The lowest BCUT2D eigenvalue weighted by atomic mass is 9.92. The first-order valence-electron chi connectivity index (χ1n) is 6.25. The van der Waals surface area contributed by atoms with Gasteiger partial charge in [-0.3, -0.25) is 0 Å². The lowest BCUT2D eigenvalue weighted by Crippen LogP contribution is -2.25. The highest BCUT2D eigenvalue weighted by Crippen LogP contribution is 2.25. The fraction of sp³-hybridized carbons (Fsp3) is 0.462. The summed E-state index contributed by atoms with van der Waals surface area (Å²) in [7, 11) is 1.95. The highest BCUT2D eigenvalue weighted by Gasteiger charge is 2.17. The van der Waals surface area contributed by atoms with Crippen LogP contribution in [0.15, 0.2) is 23.0 Å². The van der Waals surface area contributed by atoms with E-state index >= 15 is 0 Å². The van der Waals surface area contributed by atoms with Crippen molar-refractivity contribution in [1.82, 2.24) is 15.3 Å². The summed E-state index contributed by atoms with van der Waals surface area (Å²) >= 11 is 0. The molecule has 2 rings (SSSR count). The van der Waals surface area contributed by atoms with E-state index in [1.54, 1.807) is 0 Å². The summed E-state index contributed by atoms with van der Waals surface area (Å²) < 4.78 is 0. The van der Waals surface area contributed by atoms with Crippen LogP contribution in [0.3, 0.4) is 0 Å². The summed E-state index contributed by atoms with van der Waals surface area (Å²) in [6.07, 6.45) is 0.965. The predicted molar refractivity (Wildman–Crippen MR) is 73.6 cm³/mol. The number of nitrogens with two attached hydrogens (primary N) is 1. The van der Waals surface area contributed by atoms with E-state index in [4.69, 9.17) is 5.73 Å². The first-order valence-corrected chi connectivity index (χ1v) is 6.25. The molecule has 5 heteroatoms. The summed E-state index contributed by atoms with van der Waals surface area (Å²) in [6, 6.07) is 6.24. The lowest BCUT2D eigenvalue weighted by Gasteiger charge is -2.23. The van der Waals surface area contributed by atoms with E-state index in [2.05, 4.69) is 22.2 Å². The van der Waals surface area contributed by atoms with Crippen LogP contribution in [0.4, 0.5) is 0 Å². The van der Waals surface area contributed by atoms with E-state index in [-0.39, 0.29) is 11.7 Å². The molecule has 1 heterocycles. The van der Waals surface area contributed by atoms with Crippen molar-refractivity contribution < 1.29 is 0 Å². The molecule has 0 amide bonds. The van der Waals surface area contributed by atoms with Crippen molar-refractivity contribution in [3.8, 4) is 0 Å². The molecule has 0 aliphatic heterocycles. The smallest absolute Gasteiger partial charge is 0.323 e. The molecule has 0 aliphatic carbocycles. The molecule has 2 atom stereocenters. The van der Waals surface area contributed by atoms with Crippen LogP contribution in [0.1, 0.15) is 24.9 Å². The molecule has 0 aliphatic rings. The topological polar surface area (TPSA) is 86.7 Å². The van der Waals surface area contributed by atoms with Crippen molar-refractivity contribution in [3.63, 3.8) is 0 Å². The largest absolute Gasteiger partial charge is 0.330 e. The van der Waals surface area contributed by atoms with Crippen molar-refractivity contribution >= 4 is 11.0 Å². The number of aromatic nitrogens is 2. The third-order valence-electron chi connectivity index (χ3n) is 3.40. The van der Waals surface area contributed by atoms with Gasteiger partial charge in [-0.1, -0.05) is 13.0 Å². The van der Waals surface area contributed by atoms with E-state index in [9.17, 15) is 4.79 Å². The van der Waals surface area contributed by atoms with Crippen LogP contribution in [0, 0.1) is 5.92 Å². The molecular formula is C13H20N4O. The first kappa shape index (κ1) is 12.9. The van der Waals surface area contributed by atoms with Crippen molar-refractivity contribution in [3.05, 3.63) is 34.2 Å². The number of rotatable bonds is 5. The van der Waals surface area contributed by atoms with Gasteiger partial charge in [-0.25, -0.2) is 4.79 Å². The molecule has 0 saturated carbocycles. The molecule has 2 unspecified atom stereocenters. The lowest BCUT2D eigenvalue weighted by molar-refractivity contribution is 0.392. The number of imidazole rings is 1. The third kappa shape index (κ3) is 2.47. The van der Waals surface area contributed by atoms with Crippen molar-refractivity contribution in [2.75, 3.05) is 13.6 Å². The molecule has 1 aromatic heterocycles. The van der Waals surface area contributed by atoms with Crippen LogP contribution in [-0.2, 0) is 0 Å². The monoisotopic (exact) mass is 248 g/mol. The number of nitrogens with one attached hydrogen (secondary N) is 3. The number of benzene rings is 1. The number of H-pyrrole nitrogens is 2. The Morgan fingerprint density at radius 3 is 2.72 bits per heavy atom. The second-order valence-electron chi connectivity index (χ2n) is 4.71. The zero-order chi connectivity index (χ0) is 13.1. The fourth-order valence-corrected chi connectivity index (χ4v) is 2.45. The van der Waals surface area contributed by atoms with Gasteiger partial charge in [0.1, 0.15) is 0 Å². The summed E-state index contributed by atoms with van der Waals surface area (Å²) in [6.45, 7) is 2.86. The molecular weight excluding hydrogens is 228 g/mol. The SMILES string of the molecule is CNC(c1ccc2[nH]c(=O)[nH]c2c1)C(C)CCN. The standard InChI is InChI=1S/C13H20N4O/c1-8(5-6-14)12(15-2)9-3-4-10-11(7-9)17-13(18)16-10/h3-4,7-8,12,15H,5-6,14H2,1-2H3,(H2,16,17,18). The number of aromatic amines is 2. The van der Waals surface area contributed by atoms with Gasteiger partial charge in [0.2, 0.25) is 0 Å². The fourth-order valence-electron chi connectivity index (χ4n) is 2.45. The third-order valence-corrected chi connectivity index (χ3v) is 3.40. The second-order valence-corrected chi connectivity index (χ2v) is 4.71. The Kier molecular flexibility index (Phi) is 3.84. The van der Waals surface area contributed by atoms with Gasteiger partial charge in [0.15, 0.2) is 0 Å². The minimum Gasteiger partial charge on any atom is -0.330 e. The van der Waals surface area contributed by atoms with E-state index in [1.165, 1.54) is 5.56 Å². The van der Waals surface area contributed by atoms with E-state index < -0.39 is 0 Å². The normalized spacial score (nSPS) is 14.8. The molecule has 18 heavy (non-hydrogen) atoms. The Morgan fingerprint density at radius 1 is 1.33 bits per heavy atom. The summed E-state index contributed by atoms with van der Waals surface area (Å²) in [5.41, 5.74) is 8.30. The van der Waals surface area contributed by atoms with Crippen LogP contribution in [0.2, 0.25) is 0 Å². The number of fused-ring (bicyclic) bond motifs is 1. The average Bonchev–Trinajstić information content (AvgIpc) is 2.69. The molecule has 0 bridgehead atoms. The second kappa shape index (κ2) is 5.37. The summed E-state index contributed by atoms with van der Waals surface area (Å²) in [5.74, 6) is 0.447. The van der Waals surface area contributed by atoms with Gasteiger partial charge in [0.25, 0.3) is 0 Å². The number of hydrogen-bond donors (Lipinski definition) is 4. The van der Waals surface area contributed by atoms with Crippen molar-refractivity contribution in [2.45, 2.75) is 19.4 Å². The van der Waals surface area contributed by atoms with Crippen LogP contribution < -0.4 is 16.7 Å². The van der Waals surface area contributed by atoms with E-state index in [0.717, 1.165) is 17.5 Å². The van der Waals surface area contributed by atoms with Crippen molar-refractivity contribution in [1.29, 1.82) is 0 Å². The minimum absolute atomic E-state index is 0.168. The molecule has 5 N–H and O–H groups in total. The van der Waals surface area contributed by atoms with Gasteiger partial charge in [-0.05, 0) is 43.6 Å². The maximum atomic E-state index is 11.2. The van der Waals surface area contributed by atoms with Gasteiger partial charge >= 0.3 is 5.69 Å². The summed E-state index contributed by atoms with van der Waals surface area (Å²) in [5, 5.41) is 3.32. The van der Waals surface area contributed by atoms with Crippen LogP contribution in [0.5, 0.6) is 0 Å². The molecule has 0 spiro atoms.